The Kier molecular flexibility index (Phi) is 3.81. The number of nitrogens with zero attached hydrogens (tertiary/aromatic N) is 1. The van der Waals surface area contributed by atoms with Gasteiger partial charge in [-0.25, -0.2) is 4.39 Å². The molecule has 0 radical (unpaired) electrons. The van der Waals surface area contributed by atoms with Crippen molar-refractivity contribution in [2.75, 3.05) is 20.2 Å². The first kappa shape index (κ1) is 12.8. The van der Waals surface area contributed by atoms with Crippen molar-refractivity contribution in [3.8, 4) is 5.75 Å². The summed E-state index contributed by atoms with van der Waals surface area (Å²) in [5.74, 6) is -0.505. The minimum absolute atomic E-state index is 0.0324. The first-order valence-electron chi connectivity index (χ1n) is 6.00. The molecule has 0 saturated carbocycles. The number of amides is 1. The van der Waals surface area contributed by atoms with Crippen molar-refractivity contribution in [2.24, 2.45) is 5.73 Å². The van der Waals surface area contributed by atoms with Crippen molar-refractivity contribution in [1.82, 2.24) is 4.90 Å². The van der Waals surface area contributed by atoms with Crippen LogP contribution < -0.4 is 10.5 Å². The third-order valence-electron chi connectivity index (χ3n) is 3.14. The molecule has 0 aliphatic carbocycles. The van der Waals surface area contributed by atoms with E-state index in [4.69, 9.17) is 10.5 Å². The first-order valence-corrected chi connectivity index (χ1v) is 6.00. The zero-order valence-corrected chi connectivity index (χ0v) is 10.4. The molecule has 0 spiro atoms. The van der Waals surface area contributed by atoms with Crippen LogP contribution in [0.15, 0.2) is 18.2 Å². The van der Waals surface area contributed by atoms with Gasteiger partial charge in [-0.2, -0.15) is 0 Å². The van der Waals surface area contributed by atoms with Crippen LogP contribution in [0.1, 0.15) is 23.2 Å². The number of piperidine rings is 1. The Bertz CT molecular complexity index is 451. The normalized spacial score (nSPS) is 19.7. The Labute approximate surface area is 106 Å². The molecule has 1 aliphatic heterocycles. The maximum Gasteiger partial charge on any atom is 0.254 e. The average Bonchev–Trinajstić information content (AvgIpc) is 2.38. The van der Waals surface area contributed by atoms with Gasteiger partial charge in [-0.15, -0.1) is 0 Å². The minimum Gasteiger partial charge on any atom is -0.494 e. The number of likely N-dealkylation sites (tertiary alicyclic amines) is 1. The topological polar surface area (TPSA) is 55.6 Å². The predicted octanol–water partition coefficient (Wildman–Crippen LogP) is 1.40. The van der Waals surface area contributed by atoms with Crippen molar-refractivity contribution in [1.29, 1.82) is 0 Å². The molecule has 0 bridgehead atoms. The summed E-state index contributed by atoms with van der Waals surface area (Å²) in [5.41, 5.74) is 6.28. The van der Waals surface area contributed by atoms with Crippen LogP contribution in [-0.4, -0.2) is 37.0 Å². The first-order chi connectivity index (χ1) is 8.61. The Morgan fingerprint density at radius 2 is 2.33 bits per heavy atom. The standard InChI is InChI=1S/C13H17FN2O2/c1-18-12-7-9(4-5-11(12)14)13(17)16-6-2-3-10(15)8-16/h4-5,7,10H,2-3,6,8,15H2,1H3. The van der Waals surface area contributed by atoms with Crippen molar-refractivity contribution in [2.45, 2.75) is 18.9 Å². The quantitative estimate of drug-likeness (QED) is 0.865. The Morgan fingerprint density at radius 3 is 3.00 bits per heavy atom. The van der Waals surface area contributed by atoms with E-state index in [-0.39, 0.29) is 17.7 Å². The van der Waals surface area contributed by atoms with Gasteiger partial charge in [0.15, 0.2) is 11.6 Å². The summed E-state index contributed by atoms with van der Waals surface area (Å²) in [6.07, 6.45) is 1.85. The summed E-state index contributed by atoms with van der Waals surface area (Å²) in [4.78, 5) is 13.9. The number of carbonyl (C=O) groups excluding carboxylic acids is 1. The van der Waals surface area contributed by atoms with Crippen LogP contribution in [0.4, 0.5) is 4.39 Å². The number of hydrogen-bond donors (Lipinski definition) is 1. The molecule has 98 valence electrons. The Balaban J connectivity index is 2.17. The molecule has 1 aromatic rings. The van der Waals surface area contributed by atoms with Gasteiger partial charge in [0.25, 0.3) is 5.91 Å². The second-order valence-electron chi connectivity index (χ2n) is 4.50. The fourth-order valence-corrected chi connectivity index (χ4v) is 2.17. The molecule has 18 heavy (non-hydrogen) atoms. The summed E-state index contributed by atoms with van der Waals surface area (Å²) in [5, 5.41) is 0. The second-order valence-corrected chi connectivity index (χ2v) is 4.50. The van der Waals surface area contributed by atoms with Gasteiger partial charge in [0.2, 0.25) is 0 Å². The molecule has 1 aromatic carbocycles. The molecule has 1 unspecified atom stereocenters. The molecule has 0 aromatic heterocycles. The van der Waals surface area contributed by atoms with E-state index < -0.39 is 5.82 Å². The highest BCUT2D eigenvalue weighted by Gasteiger charge is 2.22. The van der Waals surface area contributed by atoms with Crippen LogP contribution >= 0.6 is 0 Å². The smallest absolute Gasteiger partial charge is 0.254 e. The van der Waals surface area contributed by atoms with Crippen LogP contribution in [0, 0.1) is 5.82 Å². The number of halogens is 1. The number of benzene rings is 1. The van der Waals surface area contributed by atoms with Gasteiger partial charge < -0.3 is 15.4 Å². The summed E-state index contributed by atoms with van der Waals surface area (Å²) >= 11 is 0. The van der Waals surface area contributed by atoms with Crippen LogP contribution in [0.5, 0.6) is 5.75 Å². The van der Waals surface area contributed by atoms with Gasteiger partial charge in [-0.05, 0) is 31.0 Å². The Morgan fingerprint density at radius 1 is 1.56 bits per heavy atom. The molecule has 4 nitrogen and oxygen atoms in total. The monoisotopic (exact) mass is 252 g/mol. The highest BCUT2D eigenvalue weighted by Crippen LogP contribution is 2.20. The number of methoxy groups -OCH3 is 1. The van der Waals surface area contributed by atoms with E-state index in [2.05, 4.69) is 0 Å². The third kappa shape index (κ3) is 2.61. The second kappa shape index (κ2) is 5.35. The van der Waals surface area contributed by atoms with E-state index >= 15 is 0 Å². The molecule has 1 heterocycles. The van der Waals surface area contributed by atoms with Crippen LogP contribution in [0.25, 0.3) is 0 Å². The van der Waals surface area contributed by atoms with Crippen LogP contribution in [-0.2, 0) is 0 Å². The molecule has 2 rings (SSSR count). The van der Waals surface area contributed by atoms with E-state index in [0.717, 1.165) is 12.8 Å². The van der Waals surface area contributed by atoms with E-state index in [9.17, 15) is 9.18 Å². The SMILES string of the molecule is COc1cc(C(=O)N2CCCC(N)C2)ccc1F. The lowest BCUT2D eigenvalue weighted by Gasteiger charge is -2.30. The van der Waals surface area contributed by atoms with Crippen molar-refractivity contribution in [3.63, 3.8) is 0 Å². The third-order valence-corrected chi connectivity index (χ3v) is 3.14. The maximum atomic E-state index is 13.3. The highest BCUT2D eigenvalue weighted by molar-refractivity contribution is 5.94. The highest BCUT2D eigenvalue weighted by atomic mass is 19.1. The van der Waals surface area contributed by atoms with Gasteiger partial charge in [-0.3, -0.25) is 4.79 Å². The molecule has 1 atom stereocenters. The van der Waals surface area contributed by atoms with Gasteiger partial charge in [0.1, 0.15) is 0 Å². The van der Waals surface area contributed by atoms with Crippen molar-refractivity contribution in [3.05, 3.63) is 29.6 Å². The molecule has 1 fully saturated rings. The lowest BCUT2D eigenvalue weighted by atomic mass is 10.1. The molecule has 1 saturated heterocycles. The molecule has 1 amide bonds. The summed E-state index contributed by atoms with van der Waals surface area (Å²) in [6, 6.07) is 4.18. The number of carbonyl (C=O) groups is 1. The Hall–Kier alpha value is -1.62. The van der Waals surface area contributed by atoms with Gasteiger partial charge >= 0.3 is 0 Å². The summed E-state index contributed by atoms with van der Waals surface area (Å²) in [6.45, 7) is 1.25. The predicted molar refractivity (Wildman–Crippen MR) is 66.1 cm³/mol. The van der Waals surface area contributed by atoms with E-state index in [1.54, 1.807) is 4.90 Å². The molecular weight excluding hydrogens is 235 g/mol. The molecule has 5 heteroatoms. The molecule has 1 aliphatic rings. The largest absolute Gasteiger partial charge is 0.494 e. The molecule has 2 N–H and O–H groups in total. The van der Waals surface area contributed by atoms with Gasteiger partial charge in [-0.1, -0.05) is 0 Å². The number of hydrogen-bond acceptors (Lipinski definition) is 3. The summed E-state index contributed by atoms with van der Waals surface area (Å²) < 4.78 is 18.1. The maximum absolute atomic E-state index is 13.3. The lowest BCUT2D eigenvalue weighted by Crippen LogP contribution is -2.45. The lowest BCUT2D eigenvalue weighted by molar-refractivity contribution is 0.0708. The fraction of sp³-hybridized carbons (Fsp3) is 0.462. The number of rotatable bonds is 2. The van der Waals surface area contributed by atoms with Gasteiger partial charge in [0, 0.05) is 24.7 Å². The van der Waals surface area contributed by atoms with E-state index in [1.807, 2.05) is 0 Å². The van der Waals surface area contributed by atoms with Crippen LogP contribution in [0.3, 0.4) is 0 Å². The number of ether oxygens (including phenoxy) is 1. The average molecular weight is 252 g/mol. The zero-order chi connectivity index (χ0) is 13.1. The van der Waals surface area contributed by atoms with Crippen molar-refractivity contribution < 1.29 is 13.9 Å². The van der Waals surface area contributed by atoms with Gasteiger partial charge in [0.05, 0.1) is 7.11 Å². The summed E-state index contributed by atoms with van der Waals surface area (Å²) in [7, 11) is 1.38. The van der Waals surface area contributed by atoms with E-state index in [0.29, 0.717) is 18.7 Å². The zero-order valence-electron chi connectivity index (χ0n) is 10.4. The van der Waals surface area contributed by atoms with Crippen molar-refractivity contribution >= 4 is 5.91 Å². The van der Waals surface area contributed by atoms with E-state index in [1.165, 1.54) is 25.3 Å². The molecular formula is C13H17FN2O2. The fourth-order valence-electron chi connectivity index (χ4n) is 2.17. The van der Waals surface area contributed by atoms with Crippen LogP contribution in [0.2, 0.25) is 0 Å². The minimum atomic E-state index is -0.468. The number of nitrogens with two attached hydrogens (primary N) is 1.